The van der Waals surface area contributed by atoms with Crippen LogP contribution in [-0.4, -0.2) is 37.2 Å². The predicted molar refractivity (Wildman–Crippen MR) is 87.9 cm³/mol. The molecule has 1 aromatic rings. The second-order valence-corrected chi connectivity index (χ2v) is 5.86. The van der Waals surface area contributed by atoms with Gasteiger partial charge in [-0.3, -0.25) is 4.79 Å². The molecule has 0 saturated carbocycles. The van der Waals surface area contributed by atoms with Gasteiger partial charge in [0.1, 0.15) is 6.04 Å². The Hall–Kier alpha value is -2.08. The summed E-state index contributed by atoms with van der Waals surface area (Å²) in [5.74, 6) is -0.106. The van der Waals surface area contributed by atoms with E-state index in [1.54, 1.807) is 0 Å². The van der Waals surface area contributed by atoms with Crippen molar-refractivity contribution in [2.75, 3.05) is 13.2 Å². The lowest BCUT2D eigenvalue weighted by Gasteiger charge is -2.19. The highest BCUT2D eigenvalue weighted by atomic mass is 16.5. The highest BCUT2D eigenvalue weighted by molar-refractivity contribution is 5.87. The first-order valence-electron chi connectivity index (χ1n) is 8.11. The van der Waals surface area contributed by atoms with Gasteiger partial charge in [-0.25, -0.2) is 4.79 Å². The maximum atomic E-state index is 12.0. The summed E-state index contributed by atoms with van der Waals surface area (Å²) in [6.45, 7) is 3.48. The Labute approximate surface area is 137 Å². The molecule has 3 N–H and O–H groups in total. The van der Waals surface area contributed by atoms with Gasteiger partial charge >= 0.3 is 6.03 Å². The first kappa shape index (κ1) is 17.3. The third kappa shape index (κ3) is 6.28. The van der Waals surface area contributed by atoms with Crippen LogP contribution < -0.4 is 16.0 Å². The molecule has 3 amide bonds. The summed E-state index contributed by atoms with van der Waals surface area (Å²) in [7, 11) is 0. The SMILES string of the molecule is C[C@@H](COCc1ccccc1)NC(=O)N[C@H]1CCCCNC1=O. The van der Waals surface area contributed by atoms with Gasteiger partial charge in [-0.05, 0) is 31.7 Å². The molecule has 0 unspecified atom stereocenters. The molecule has 126 valence electrons. The Morgan fingerprint density at radius 1 is 1.35 bits per heavy atom. The minimum Gasteiger partial charge on any atom is -0.375 e. The number of nitrogens with one attached hydrogen (secondary N) is 3. The lowest BCUT2D eigenvalue weighted by atomic mass is 10.1. The normalized spacial score (nSPS) is 19.3. The number of ether oxygens (including phenoxy) is 1. The minimum atomic E-state index is -0.449. The Morgan fingerprint density at radius 3 is 2.91 bits per heavy atom. The number of hydrogen-bond donors (Lipinski definition) is 3. The number of carbonyl (C=O) groups excluding carboxylic acids is 2. The van der Waals surface area contributed by atoms with Gasteiger partial charge in [-0.2, -0.15) is 0 Å². The summed E-state index contributed by atoms with van der Waals surface area (Å²) in [6, 6.07) is 8.97. The lowest BCUT2D eigenvalue weighted by molar-refractivity contribution is -0.122. The topological polar surface area (TPSA) is 79.5 Å². The molecule has 1 aliphatic rings. The van der Waals surface area contributed by atoms with Gasteiger partial charge < -0.3 is 20.7 Å². The highest BCUT2D eigenvalue weighted by Gasteiger charge is 2.22. The molecule has 6 nitrogen and oxygen atoms in total. The van der Waals surface area contributed by atoms with Crippen LogP contribution in [0.2, 0.25) is 0 Å². The molecule has 1 heterocycles. The molecule has 1 aromatic carbocycles. The van der Waals surface area contributed by atoms with E-state index in [0.29, 0.717) is 26.2 Å². The minimum absolute atomic E-state index is 0.106. The zero-order valence-electron chi connectivity index (χ0n) is 13.5. The molecule has 0 aliphatic carbocycles. The third-order valence-electron chi connectivity index (χ3n) is 3.70. The Morgan fingerprint density at radius 2 is 2.13 bits per heavy atom. The maximum Gasteiger partial charge on any atom is 0.315 e. The van der Waals surface area contributed by atoms with Crippen molar-refractivity contribution in [2.24, 2.45) is 0 Å². The van der Waals surface area contributed by atoms with Gasteiger partial charge in [0.15, 0.2) is 0 Å². The molecular formula is C17H25N3O3. The van der Waals surface area contributed by atoms with Crippen LogP contribution in [0.4, 0.5) is 4.79 Å². The fraction of sp³-hybridized carbons (Fsp3) is 0.529. The van der Waals surface area contributed by atoms with Crippen LogP contribution >= 0.6 is 0 Å². The van der Waals surface area contributed by atoms with E-state index in [-0.39, 0.29) is 18.0 Å². The summed E-state index contributed by atoms with van der Waals surface area (Å²) >= 11 is 0. The largest absolute Gasteiger partial charge is 0.375 e. The molecule has 1 saturated heterocycles. The van der Waals surface area contributed by atoms with Crippen molar-refractivity contribution >= 4 is 11.9 Å². The van der Waals surface area contributed by atoms with Crippen LogP contribution in [0.5, 0.6) is 0 Å². The molecule has 0 bridgehead atoms. The average molecular weight is 319 g/mol. The van der Waals surface area contributed by atoms with Crippen molar-refractivity contribution in [1.82, 2.24) is 16.0 Å². The lowest BCUT2D eigenvalue weighted by Crippen LogP contribution is -2.51. The molecule has 6 heteroatoms. The van der Waals surface area contributed by atoms with E-state index in [2.05, 4.69) is 16.0 Å². The molecule has 23 heavy (non-hydrogen) atoms. The number of rotatable bonds is 6. The summed E-state index contributed by atoms with van der Waals surface area (Å²) in [5, 5.41) is 8.33. The van der Waals surface area contributed by atoms with Gasteiger partial charge in [0.2, 0.25) is 5.91 Å². The molecule has 2 rings (SSSR count). The van der Waals surface area contributed by atoms with Crippen molar-refractivity contribution in [1.29, 1.82) is 0 Å². The number of benzene rings is 1. The quantitative estimate of drug-likeness (QED) is 0.744. The Balaban J connectivity index is 1.66. The van der Waals surface area contributed by atoms with Crippen LogP contribution in [0.25, 0.3) is 0 Å². The monoisotopic (exact) mass is 319 g/mol. The molecule has 0 aromatic heterocycles. The predicted octanol–water partition coefficient (Wildman–Crippen LogP) is 1.56. The van der Waals surface area contributed by atoms with Crippen LogP contribution in [-0.2, 0) is 16.1 Å². The Kier molecular flexibility index (Phi) is 6.87. The van der Waals surface area contributed by atoms with Gasteiger partial charge in [0, 0.05) is 6.54 Å². The van der Waals surface area contributed by atoms with Crippen LogP contribution in [0.15, 0.2) is 30.3 Å². The van der Waals surface area contributed by atoms with E-state index in [1.165, 1.54) is 0 Å². The number of amides is 3. The molecule has 1 fully saturated rings. The van der Waals surface area contributed by atoms with Crippen molar-refractivity contribution in [3.8, 4) is 0 Å². The fourth-order valence-corrected chi connectivity index (χ4v) is 2.47. The van der Waals surface area contributed by atoms with E-state index in [9.17, 15) is 9.59 Å². The zero-order chi connectivity index (χ0) is 16.5. The van der Waals surface area contributed by atoms with Crippen molar-refractivity contribution in [2.45, 2.75) is 44.9 Å². The number of urea groups is 1. The van der Waals surface area contributed by atoms with Crippen molar-refractivity contribution < 1.29 is 14.3 Å². The first-order valence-corrected chi connectivity index (χ1v) is 8.11. The van der Waals surface area contributed by atoms with E-state index in [4.69, 9.17) is 4.74 Å². The van der Waals surface area contributed by atoms with E-state index in [0.717, 1.165) is 18.4 Å². The number of carbonyl (C=O) groups is 2. The molecular weight excluding hydrogens is 294 g/mol. The Bertz CT molecular complexity index is 507. The second-order valence-electron chi connectivity index (χ2n) is 5.86. The van der Waals surface area contributed by atoms with Crippen molar-refractivity contribution in [3.63, 3.8) is 0 Å². The summed E-state index contributed by atoms with van der Waals surface area (Å²) in [4.78, 5) is 23.7. The first-order chi connectivity index (χ1) is 11.1. The van der Waals surface area contributed by atoms with E-state index < -0.39 is 6.04 Å². The van der Waals surface area contributed by atoms with E-state index >= 15 is 0 Å². The fourth-order valence-electron chi connectivity index (χ4n) is 2.47. The van der Waals surface area contributed by atoms with Crippen LogP contribution in [0.1, 0.15) is 31.7 Å². The molecule has 0 radical (unpaired) electrons. The maximum absolute atomic E-state index is 12.0. The highest BCUT2D eigenvalue weighted by Crippen LogP contribution is 2.05. The van der Waals surface area contributed by atoms with Crippen molar-refractivity contribution in [3.05, 3.63) is 35.9 Å². The second kappa shape index (κ2) is 9.15. The van der Waals surface area contributed by atoms with Gasteiger partial charge in [-0.15, -0.1) is 0 Å². The summed E-state index contributed by atoms with van der Waals surface area (Å²) in [5.41, 5.74) is 1.10. The van der Waals surface area contributed by atoms with E-state index in [1.807, 2.05) is 37.3 Å². The molecule has 0 spiro atoms. The van der Waals surface area contributed by atoms with Gasteiger partial charge in [0.05, 0.1) is 19.3 Å². The molecule has 2 atom stereocenters. The third-order valence-corrected chi connectivity index (χ3v) is 3.70. The standard InChI is InChI=1S/C17H25N3O3/c1-13(11-23-12-14-7-3-2-4-8-14)19-17(22)20-15-9-5-6-10-18-16(15)21/h2-4,7-8,13,15H,5-6,9-12H2,1H3,(H,18,21)(H2,19,20,22)/t13-,15-/m0/s1. The number of hydrogen-bond acceptors (Lipinski definition) is 3. The van der Waals surface area contributed by atoms with Gasteiger partial charge in [0.25, 0.3) is 0 Å². The summed E-state index contributed by atoms with van der Waals surface area (Å²) < 4.78 is 5.59. The van der Waals surface area contributed by atoms with Crippen LogP contribution in [0, 0.1) is 0 Å². The zero-order valence-corrected chi connectivity index (χ0v) is 13.5. The molecule has 1 aliphatic heterocycles. The average Bonchev–Trinajstić information content (AvgIpc) is 2.73. The smallest absolute Gasteiger partial charge is 0.315 e. The van der Waals surface area contributed by atoms with Gasteiger partial charge in [-0.1, -0.05) is 30.3 Å². The van der Waals surface area contributed by atoms with Crippen LogP contribution in [0.3, 0.4) is 0 Å². The summed E-state index contributed by atoms with van der Waals surface area (Å²) in [6.07, 6.45) is 2.56.